The fourth-order valence-electron chi connectivity index (χ4n) is 6.89. The summed E-state index contributed by atoms with van der Waals surface area (Å²) < 4.78 is 0. The van der Waals surface area contributed by atoms with Gasteiger partial charge in [0.2, 0.25) is 0 Å². The van der Waals surface area contributed by atoms with Crippen LogP contribution in [0.15, 0.2) is 24.3 Å². The highest BCUT2D eigenvalue weighted by molar-refractivity contribution is 5.75. The van der Waals surface area contributed by atoms with Gasteiger partial charge in [-0.2, -0.15) is 0 Å². The number of rotatable bonds is 4. The lowest BCUT2D eigenvalue weighted by Gasteiger charge is -2.60. The highest BCUT2D eigenvalue weighted by Gasteiger charge is 2.57. The van der Waals surface area contributed by atoms with Crippen molar-refractivity contribution in [1.29, 1.82) is 0 Å². The van der Waals surface area contributed by atoms with Crippen LogP contribution in [0.2, 0.25) is 0 Å². The van der Waals surface area contributed by atoms with E-state index in [1.54, 1.807) is 0 Å². The molecule has 2 atom stereocenters. The minimum Gasteiger partial charge on any atom is -0.390 e. The second kappa shape index (κ2) is 5.98. The molecule has 0 radical (unpaired) electrons. The summed E-state index contributed by atoms with van der Waals surface area (Å²) in [5.74, 6) is 1.84. The molecule has 4 saturated carbocycles. The Morgan fingerprint density at radius 3 is 2.35 bits per heavy atom. The summed E-state index contributed by atoms with van der Waals surface area (Å²) in [6.07, 6.45) is 9.29. The standard InChI is InChI=1S/C22H30N2O2/c25-20(23-6-5-15-8-18-3-1-2-4-19(18)9-15)24-21-10-16-7-17(11-21)13-22(26,12-16)14-21/h1-4,15-17,26H,5-14H2,(H2,23,24,25). The van der Waals surface area contributed by atoms with Crippen LogP contribution in [0.25, 0.3) is 0 Å². The molecular weight excluding hydrogens is 324 g/mol. The zero-order chi connectivity index (χ0) is 17.8. The van der Waals surface area contributed by atoms with Gasteiger partial charge in [0.1, 0.15) is 0 Å². The van der Waals surface area contributed by atoms with E-state index >= 15 is 0 Å². The van der Waals surface area contributed by atoms with Crippen LogP contribution in [0.5, 0.6) is 0 Å². The Bertz CT molecular complexity index is 677. The lowest BCUT2D eigenvalue weighted by atomic mass is 9.51. The Morgan fingerprint density at radius 1 is 1.08 bits per heavy atom. The van der Waals surface area contributed by atoms with E-state index in [1.165, 1.54) is 17.5 Å². The summed E-state index contributed by atoms with van der Waals surface area (Å²) >= 11 is 0. The number of amides is 2. The van der Waals surface area contributed by atoms with Gasteiger partial charge < -0.3 is 15.7 Å². The Labute approximate surface area is 155 Å². The number of carbonyl (C=O) groups excluding carboxylic acids is 1. The van der Waals surface area contributed by atoms with Gasteiger partial charge in [0.05, 0.1) is 5.60 Å². The third-order valence-electron chi connectivity index (χ3n) is 7.38. The number of fused-ring (bicyclic) bond motifs is 1. The van der Waals surface area contributed by atoms with E-state index in [4.69, 9.17) is 0 Å². The monoisotopic (exact) mass is 354 g/mol. The molecule has 5 aliphatic rings. The maximum Gasteiger partial charge on any atom is 0.315 e. The first-order chi connectivity index (χ1) is 12.5. The molecule has 4 fully saturated rings. The minimum atomic E-state index is -0.521. The van der Waals surface area contributed by atoms with Crippen molar-refractivity contribution in [2.75, 3.05) is 6.54 Å². The molecule has 4 bridgehead atoms. The number of carbonyl (C=O) groups is 1. The van der Waals surface area contributed by atoms with Crippen molar-refractivity contribution >= 4 is 6.03 Å². The molecule has 0 aromatic heterocycles. The highest BCUT2D eigenvalue weighted by atomic mass is 16.3. The maximum atomic E-state index is 12.5. The average molecular weight is 354 g/mol. The van der Waals surface area contributed by atoms with Gasteiger partial charge in [0, 0.05) is 12.1 Å². The lowest BCUT2D eigenvalue weighted by Crippen LogP contribution is -2.66. The van der Waals surface area contributed by atoms with E-state index in [2.05, 4.69) is 34.9 Å². The van der Waals surface area contributed by atoms with Crippen molar-refractivity contribution in [3.05, 3.63) is 35.4 Å². The number of urea groups is 1. The van der Waals surface area contributed by atoms with Gasteiger partial charge in [-0.3, -0.25) is 0 Å². The van der Waals surface area contributed by atoms with Crippen molar-refractivity contribution < 1.29 is 9.90 Å². The van der Waals surface area contributed by atoms with Gasteiger partial charge in [-0.05, 0) is 86.7 Å². The van der Waals surface area contributed by atoms with Crippen LogP contribution >= 0.6 is 0 Å². The van der Waals surface area contributed by atoms with Crippen molar-refractivity contribution in [2.24, 2.45) is 17.8 Å². The van der Waals surface area contributed by atoms with E-state index in [0.29, 0.717) is 17.8 Å². The van der Waals surface area contributed by atoms with E-state index in [0.717, 1.165) is 57.9 Å². The molecule has 0 heterocycles. The molecule has 4 nitrogen and oxygen atoms in total. The van der Waals surface area contributed by atoms with Crippen LogP contribution in [-0.2, 0) is 12.8 Å². The smallest absolute Gasteiger partial charge is 0.315 e. The third-order valence-corrected chi connectivity index (χ3v) is 7.38. The fraction of sp³-hybridized carbons (Fsp3) is 0.682. The Morgan fingerprint density at radius 2 is 1.73 bits per heavy atom. The predicted octanol–water partition coefficient (Wildman–Crippen LogP) is 3.17. The van der Waals surface area contributed by atoms with Gasteiger partial charge >= 0.3 is 6.03 Å². The topological polar surface area (TPSA) is 61.4 Å². The van der Waals surface area contributed by atoms with E-state index in [1.807, 2.05) is 0 Å². The fourth-order valence-corrected chi connectivity index (χ4v) is 6.89. The van der Waals surface area contributed by atoms with Crippen LogP contribution in [0.4, 0.5) is 4.79 Å². The normalized spacial score (nSPS) is 37.6. The summed E-state index contributed by atoms with van der Waals surface area (Å²) in [5, 5.41) is 17.2. The molecule has 1 aromatic rings. The Hall–Kier alpha value is -1.55. The summed E-state index contributed by atoms with van der Waals surface area (Å²) in [6, 6.07) is 8.66. The first-order valence-electron chi connectivity index (χ1n) is 10.4. The van der Waals surface area contributed by atoms with Crippen LogP contribution in [-0.4, -0.2) is 28.8 Å². The summed E-state index contributed by atoms with van der Waals surface area (Å²) in [6.45, 7) is 0.734. The minimum absolute atomic E-state index is 0.0361. The van der Waals surface area contributed by atoms with Gasteiger partial charge in [-0.1, -0.05) is 24.3 Å². The predicted molar refractivity (Wildman–Crippen MR) is 101 cm³/mol. The van der Waals surface area contributed by atoms with Crippen LogP contribution in [0.3, 0.4) is 0 Å². The highest BCUT2D eigenvalue weighted by Crippen LogP contribution is 2.57. The molecule has 4 heteroatoms. The van der Waals surface area contributed by atoms with E-state index in [-0.39, 0.29) is 11.6 Å². The molecule has 2 amide bonds. The number of aliphatic hydroxyl groups is 1. The first kappa shape index (κ1) is 16.6. The largest absolute Gasteiger partial charge is 0.390 e. The molecular formula is C22H30N2O2. The van der Waals surface area contributed by atoms with Crippen LogP contribution < -0.4 is 10.6 Å². The molecule has 26 heavy (non-hydrogen) atoms. The molecule has 140 valence electrons. The van der Waals surface area contributed by atoms with Crippen molar-refractivity contribution in [1.82, 2.24) is 10.6 Å². The molecule has 6 rings (SSSR count). The Kier molecular flexibility index (Phi) is 3.82. The second-order valence-electron chi connectivity index (χ2n) is 9.68. The average Bonchev–Trinajstić information content (AvgIpc) is 2.94. The maximum absolute atomic E-state index is 12.5. The quantitative estimate of drug-likeness (QED) is 0.778. The Balaban J connectivity index is 1.12. The lowest BCUT2D eigenvalue weighted by molar-refractivity contribution is -0.139. The van der Waals surface area contributed by atoms with Crippen LogP contribution in [0.1, 0.15) is 56.1 Å². The zero-order valence-corrected chi connectivity index (χ0v) is 15.5. The molecule has 0 saturated heterocycles. The summed E-state index contributed by atoms with van der Waals surface area (Å²) in [4.78, 5) is 12.5. The number of hydrogen-bond acceptors (Lipinski definition) is 2. The van der Waals surface area contributed by atoms with E-state index in [9.17, 15) is 9.90 Å². The van der Waals surface area contributed by atoms with E-state index < -0.39 is 5.60 Å². The number of nitrogens with one attached hydrogen (secondary N) is 2. The van der Waals surface area contributed by atoms with Crippen molar-refractivity contribution in [2.45, 2.75) is 68.9 Å². The number of hydrogen-bond donors (Lipinski definition) is 3. The van der Waals surface area contributed by atoms with Crippen molar-refractivity contribution in [3.63, 3.8) is 0 Å². The van der Waals surface area contributed by atoms with Gasteiger partial charge in [-0.15, -0.1) is 0 Å². The molecule has 3 N–H and O–H groups in total. The molecule has 1 aromatic carbocycles. The summed E-state index contributed by atoms with van der Waals surface area (Å²) in [7, 11) is 0. The third kappa shape index (κ3) is 3.02. The molecule has 2 unspecified atom stereocenters. The van der Waals surface area contributed by atoms with Crippen molar-refractivity contribution in [3.8, 4) is 0 Å². The molecule has 0 spiro atoms. The van der Waals surface area contributed by atoms with Gasteiger partial charge in [0.15, 0.2) is 0 Å². The summed E-state index contributed by atoms with van der Waals surface area (Å²) in [5.41, 5.74) is 2.27. The SMILES string of the molecule is O=C(NCCC1Cc2ccccc2C1)NC12CC3CC(CC(O)(C3)C1)C2. The molecule has 0 aliphatic heterocycles. The van der Waals surface area contributed by atoms with Crippen LogP contribution in [0, 0.1) is 17.8 Å². The van der Waals surface area contributed by atoms with Gasteiger partial charge in [-0.25, -0.2) is 4.79 Å². The number of benzene rings is 1. The first-order valence-corrected chi connectivity index (χ1v) is 10.4. The molecule has 5 aliphatic carbocycles. The zero-order valence-electron chi connectivity index (χ0n) is 15.5. The van der Waals surface area contributed by atoms with Gasteiger partial charge in [0.25, 0.3) is 0 Å². The second-order valence-corrected chi connectivity index (χ2v) is 9.68.